The first-order valence-corrected chi connectivity index (χ1v) is 13.4. The molecule has 36 heavy (non-hydrogen) atoms. The van der Waals surface area contributed by atoms with Crippen LogP contribution in [0.4, 0.5) is 0 Å². The molecule has 1 aromatic heterocycles. The molecule has 184 valence electrons. The van der Waals surface area contributed by atoms with Crippen molar-refractivity contribution in [1.29, 1.82) is 0 Å². The number of thiophene rings is 1. The molecule has 2 fully saturated rings. The Morgan fingerprint density at radius 2 is 1.78 bits per heavy atom. The van der Waals surface area contributed by atoms with E-state index in [1.807, 2.05) is 60.0 Å². The highest BCUT2D eigenvalue weighted by Crippen LogP contribution is 2.48. The van der Waals surface area contributed by atoms with Gasteiger partial charge in [0.15, 0.2) is 5.78 Å². The maximum Gasteiger partial charge on any atom is 0.240 e. The van der Waals surface area contributed by atoms with Crippen LogP contribution >= 0.6 is 22.9 Å². The summed E-state index contributed by atoms with van der Waals surface area (Å²) in [4.78, 5) is 43.4. The van der Waals surface area contributed by atoms with Gasteiger partial charge < -0.3 is 10.6 Å². The number of halogens is 1. The molecule has 1 saturated carbocycles. The van der Waals surface area contributed by atoms with Crippen LogP contribution in [0.5, 0.6) is 0 Å². The maximum absolute atomic E-state index is 14.1. The predicted molar refractivity (Wildman–Crippen MR) is 143 cm³/mol. The molecule has 4 unspecified atom stereocenters. The molecule has 2 N–H and O–H groups in total. The van der Waals surface area contributed by atoms with Gasteiger partial charge in [0, 0.05) is 27.3 Å². The summed E-state index contributed by atoms with van der Waals surface area (Å²) in [5, 5.41) is 2.37. The zero-order chi connectivity index (χ0) is 25.2. The van der Waals surface area contributed by atoms with E-state index in [1.165, 1.54) is 11.3 Å². The first-order chi connectivity index (χ1) is 17.5. The van der Waals surface area contributed by atoms with Gasteiger partial charge in [-0.25, -0.2) is 0 Å². The summed E-state index contributed by atoms with van der Waals surface area (Å²) in [5.41, 5.74) is 7.39. The van der Waals surface area contributed by atoms with Gasteiger partial charge in [-0.1, -0.05) is 78.7 Å². The van der Waals surface area contributed by atoms with Crippen LogP contribution in [0.1, 0.15) is 46.0 Å². The Morgan fingerprint density at radius 1 is 1.00 bits per heavy atom. The Kier molecular flexibility index (Phi) is 7.08. The number of likely N-dealkylation sites (tertiary alicyclic amines) is 1. The van der Waals surface area contributed by atoms with Crippen LogP contribution in [0.2, 0.25) is 5.02 Å². The maximum atomic E-state index is 14.1. The van der Waals surface area contributed by atoms with Crippen molar-refractivity contribution in [3.8, 4) is 0 Å². The van der Waals surface area contributed by atoms with Crippen LogP contribution in [-0.4, -0.2) is 34.6 Å². The van der Waals surface area contributed by atoms with Crippen molar-refractivity contribution in [3.05, 3.63) is 99.2 Å². The van der Waals surface area contributed by atoms with Crippen molar-refractivity contribution in [2.24, 2.45) is 17.6 Å². The van der Waals surface area contributed by atoms with E-state index in [2.05, 4.69) is 0 Å². The van der Waals surface area contributed by atoms with Crippen molar-refractivity contribution in [2.45, 2.75) is 37.3 Å². The normalized spacial score (nSPS) is 24.1. The van der Waals surface area contributed by atoms with E-state index in [-0.39, 0.29) is 17.6 Å². The summed E-state index contributed by atoms with van der Waals surface area (Å²) < 4.78 is 0. The van der Waals surface area contributed by atoms with Crippen molar-refractivity contribution < 1.29 is 14.4 Å². The zero-order valence-corrected chi connectivity index (χ0v) is 21.2. The highest BCUT2D eigenvalue weighted by atomic mass is 35.5. The number of hydrogen-bond donors (Lipinski definition) is 1. The summed E-state index contributed by atoms with van der Waals surface area (Å²) in [6.07, 6.45) is 6.36. The number of nitrogens with zero attached hydrogens (tertiary/aromatic N) is 1. The molecule has 0 bridgehead atoms. The molecule has 0 radical (unpaired) electrons. The first kappa shape index (κ1) is 24.5. The van der Waals surface area contributed by atoms with E-state index in [9.17, 15) is 14.4 Å². The molecule has 2 aliphatic rings. The van der Waals surface area contributed by atoms with Crippen molar-refractivity contribution >= 4 is 46.6 Å². The van der Waals surface area contributed by atoms with Gasteiger partial charge in [-0.2, -0.15) is 0 Å². The highest BCUT2D eigenvalue weighted by molar-refractivity contribution is 7.10. The second kappa shape index (κ2) is 10.4. The van der Waals surface area contributed by atoms with E-state index in [0.29, 0.717) is 10.6 Å². The number of Topliss-reactive ketones (excluding diaryl/α,β-unsaturated/α-hetero) is 1. The fraction of sp³-hybridized carbons (Fsp3) is 0.276. The molecule has 5 rings (SSSR count). The zero-order valence-electron chi connectivity index (χ0n) is 19.6. The quantitative estimate of drug-likeness (QED) is 0.416. The van der Waals surface area contributed by atoms with Crippen molar-refractivity contribution in [2.75, 3.05) is 0 Å². The van der Waals surface area contributed by atoms with E-state index in [1.54, 1.807) is 29.2 Å². The smallest absolute Gasteiger partial charge is 0.240 e. The fourth-order valence-corrected chi connectivity index (χ4v) is 6.45. The molecule has 3 aromatic rings. The van der Waals surface area contributed by atoms with Crippen LogP contribution in [0.3, 0.4) is 0 Å². The molecule has 1 aliphatic heterocycles. The molecule has 7 heteroatoms. The number of rotatable bonds is 7. The lowest BCUT2D eigenvalue weighted by Crippen LogP contribution is -2.51. The summed E-state index contributed by atoms with van der Waals surface area (Å²) in [5.74, 6) is -2.25. The predicted octanol–water partition coefficient (Wildman–Crippen LogP) is 5.56. The minimum Gasteiger partial charge on any atom is -0.368 e. The molecule has 1 saturated heterocycles. The van der Waals surface area contributed by atoms with Crippen molar-refractivity contribution in [1.82, 2.24) is 4.90 Å². The number of nitrogens with two attached hydrogens (primary N) is 1. The Bertz CT molecular complexity index is 1290. The van der Waals surface area contributed by atoms with Gasteiger partial charge in [0.2, 0.25) is 11.8 Å². The molecule has 4 atom stereocenters. The number of primary amides is 1. The Labute approximate surface area is 219 Å². The highest BCUT2D eigenvalue weighted by Gasteiger charge is 2.56. The SMILES string of the molecule is NC(=O)C1C(c2cccs2)C(C(=O)c2cccc(Cl)c2)C(C=Cc2ccccc2)N1C(=O)C1CCC1. The van der Waals surface area contributed by atoms with Gasteiger partial charge in [-0.05, 0) is 42.0 Å². The van der Waals surface area contributed by atoms with Gasteiger partial charge >= 0.3 is 0 Å². The summed E-state index contributed by atoms with van der Waals surface area (Å²) in [6.45, 7) is 0. The van der Waals surface area contributed by atoms with E-state index in [0.717, 1.165) is 29.7 Å². The number of carbonyl (C=O) groups excluding carboxylic acids is 3. The van der Waals surface area contributed by atoms with Crippen molar-refractivity contribution in [3.63, 3.8) is 0 Å². The van der Waals surface area contributed by atoms with Crippen LogP contribution in [-0.2, 0) is 9.59 Å². The lowest BCUT2D eigenvalue weighted by atomic mass is 9.80. The summed E-state index contributed by atoms with van der Waals surface area (Å²) in [7, 11) is 0. The molecular weight excluding hydrogens is 492 g/mol. The first-order valence-electron chi connectivity index (χ1n) is 12.1. The lowest BCUT2D eigenvalue weighted by molar-refractivity contribution is -0.144. The average molecular weight is 519 g/mol. The largest absolute Gasteiger partial charge is 0.368 e. The number of amides is 2. The Hall–Kier alpha value is -3.22. The van der Waals surface area contributed by atoms with Gasteiger partial charge in [0.05, 0.1) is 12.0 Å². The summed E-state index contributed by atoms with van der Waals surface area (Å²) in [6, 6.07) is 18.8. The third-order valence-corrected chi connectivity index (χ3v) is 8.49. The van der Waals surface area contributed by atoms with Gasteiger partial charge in [0.25, 0.3) is 0 Å². The van der Waals surface area contributed by atoms with Crippen LogP contribution in [0.15, 0.2) is 78.2 Å². The molecule has 0 spiro atoms. The second-order valence-electron chi connectivity index (χ2n) is 9.42. The van der Waals surface area contributed by atoms with Crippen LogP contribution < -0.4 is 5.73 Å². The van der Waals surface area contributed by atoms with E-state index < -0.39 is 29.8 Å². The number of ketones is 1. The van der Waals surface area contributed by atoms with Gasteiger partial charge in [-0.15, -0.1) is 11.3 Å². The van der Waals surface area contributed by atoms with Crippen LogP contribution in [0.25, 0.3) is 6.08 Å². The Balaban J connectivity index is 1.67. The number of benzene rings is 2. The molecule has 2 aromatic carbocycles. The third-order valence-electron chi connectivity index (χ3n) is 7.29. The number of carbonyl (C=O) groups is 3. The van der Waals surface area contributed by atoms with Gasteiger partial charge in [0.1, 0.15) is 6.04 Å². The van der Waals surface area contributed by atoms with E-state index in [4.69, 9.17) is 17.3 Å². The number of hydrogen-bond acceptors (Lipinski definition) is 4. The molecule has 2 amide bonds. The van der Waals surface area contributed by atoms with Crippen LogP contribution in [0, 0.1) is 11.8 Å². The molecule has 1 aliphatic carbocycles. The molecule has 2 heterocycles. The van der Waals surface area contributed by atoms with E-state index >= 15 is 0 Å². The minimum absolute atomic E-state index is 0.101. The monoisotopic (exact) mass is 518 g/mol. The van der Waals surface area contributed by atoms with Gasteiger partial charge in [-0.3, -0.25) is 14.4 Å². The summed E-state index contributed by atoms with van der Waals surface area (Å²) >= 11 is 7.70. The Morgan fingerprint density at radius 3 is 2.39 bits per heavy atom. The molecular formula is C29H27ClN2O3S. The fourth-order valence-electron chi connectivity index (χ4n) is 5.36. The second-order valence-corrected chi connectivity index (χ2v) is 10.8. The third kappa shape index (κ3) is 4.63. The average Bonchev–Trinajstić information content (AvgIpc) is 3.48. The minimum atomic E-state index is -0.921. The topological polar surface area (TPSA) is 80.5 Å². The lowest BCUT2D eigenvalue weighted by Gasteiger charge is -2.35. The standard InChI is InChI=1S/C29H27ClN2O3S/c30-21-12-5-11-20(17-21)27(33)24-22(15-14-18-7-2-1-3-8-18)32(29(35)19-9-4-10-19)26(28(31)34)25(24)23-13-6-16-36-23/h1-3,5-8,11-17,19,22,24-26H,4,9-10H2,(H2,31,34). The molecule has 5 nitrogen and oxygen atoms in total.